The van der Waals surface area contributed by atoms with Crippen LogP contribution < -0.4 is 4.74 Å². The van der Waals surface area contributed by atoms with Crippen LogP contribution in [0.25, 0.3) is 10.9 Å². The van der Waals surface area contributed by atoms with Crippen LogP contribution in [0.15, 0.2) is 59.7 Å². The summed E-state index contributed by atoms with van der Waals surface area (Å²) in [5, 5.41) is 7.62. The summed E-state index contributed by atoms with van der Waals surface area (Å²) in [5.74, 6) is 0.757. The van der Waals surface area contributed by atoms with Crippen molar-refractivity contribution in [2.45, 2.75) is 39.8 Å². The number of ether oxygens (including phenoxy) is 1. The molecule has 32 heavy (non-hydrogen) atoms. The van der Waals surface area contributed by atoms with E-state index in [2.05, 4.69) is 42.4 Å². The second kappa shape index (κ2) is 9.57. The number of carbonyl (C=O) groups is 1. The van der Waals surface area contributed by atoms with Crippen LogP contribution in [0, 0.1) is 0 Å². The zero-order chi connectivity index (χ0) is 22.7. The van der Waals surface area contributed by atoms with Crippen LogP contribution in [-0.2, 0) is 6.54 Å². The summed E-state index contributed by atoms with van der Waals surface area (Å²) >= 11 is 0. The van der Waals surface area contributed by atoms with Crippen LogP contribution in [0.2, 0.25) is 0 Å². The molecule has 0 radical (unpaired) electrons. The van der Waals surface area contributed by atoms with E-state index in [0.29, 0.717) is 24.8 Å². The van der Waals surface area contributed by atoms with Crippen LogP contribution in [0.4, 0.5) is 0 Å². The summed E-state index contributed by atoms with van der Waals surface area (Å²) in [6.07, 6.45) is 0.868. The summed E-state index contributed by atoms with van der Waals surface area (Å²) in [4.78, 5) is 16.0. The van der Waals surface area contributed by atoms with E-state index >= 15 is 0 Å². The van der Waals surface area contributed by atoms with Gasteiger partial charge in [-0.2, -0.15) is 5.10 Å². The average Bonchev–Trinajstić information content (AvgIpc) is 3.13. The number of methoxy groups -OCH3 is 1. The van der Waals surface area contributed by atoms with Crippen LogP contribution in [0.1, 0.15) is 43.2 Å². The highest BCUT2D eigenvalue weighted by Gasteiger charge is 2.27. The minimum atomic E-state index is -0.0449. The predicted molar refractivity (Wildman–Crippen MR) is 130 cm³/mol. The first-order valence-corrected chi connectivity index (χ1v) is 11.4. The molecule has 168 valence electrons. The molecule has 1 aliphatic rings. The molecule has 0 aliphatic carbocycles. The molecule has 1 unspecified atom stereocenters. The normalized spacial score (nSPS) is 15.0. The largest absolute Gasteiger partial charge is 0.497 e. The molecule has 0 saturated carbocycles. The predicted octanol–water partition coefficient (Wildman–Crippen LogP) is 4.63. The van der Waals surface area contributed by atoms with Gasteiger partial charge in [0, 0.05) is 23.5 Å². The standard InChI is InChI=1S/C26H32N4O2/c1-5-28(6-2)19(3)15-16-30-26(31)25-17-21-9-7-8-10-24(21)29(25)18-23(27-30)20-11-13-22(32-4)14-12-20/h7-14,17,19H,5-6,15-16,18H2,1-4H3. The maximum absolute atomic E-state index is 13.6. The van der Waals surface area contributed by atoms with Gasteiger partial charge in [0.05, 0.1) is 19.4 Å². The third kappa shape index (κ3) is 4.28. The van der Waals surface area contributed by atoms with Crippen molar-refractivity contribution in [3.05, 3.63) is 65.9 Å². The van der Waals surface area contributed by atoms with E-state index in [0.717, 1.165) is 47.4 Å². The molecule has 6 heteroatoms. The van der Waals surface area contributed by atoms with Gasteiger partial charge in [0.25, 0.3) is 5.91 Å². The van der Waals surface area contributed by atoms with Gasteiger partial charge >= 0.3 is 0 Å². The lowest BCUT2D eigenvalue weighted by Gasteiger charge is -2.27. The highest BCUT2D eigenvalue weighted by Crippen LogP contribution is 2.25. The number of hydrogen-bond donors (Lipinski definition) is 0. The molecular formula is C26H32N4O2. The van der Waals surface area contributed by atoms with Gasteiger partial charge in [0.2, 0.25) is 0 Å². The number of aromatic nitrogens is 1. The lowest BCUT2D eigenvalue weighted by Crippen LogP contribution is -2.36. The van der Waals surface area contributed by atoms with E-state index in [4.69, 9.17) is 9.84 Å². The van der Waals surface area contributed by atoms with Gasteiger partial charge in [-0.05, 0) is 68.4 Å². The lowest BCUT2D eigenvalue weighted by atomic mass is 10.1. The van der Waals surface area contributed by atoms with Gasteiger partial charge in [0.1, 0.15) is 11.4 Å². The molecule has 6 nitrogen and oxygen atoms in total. The molecule has 1 aromatic heterocycles. The summed E-state index contributed by atoms with van der Waals surface area (Å²) in [7, 11) is 1.66. The van der Waals surface area contributed by atoms with E-state index in [1.165, 1.54) is 0 Å². The molecule has 3 aromatic rings. The molecular weight excluding hydrogens is 400 g/mol. The number of amides is 1. The third-order valence-electron chi connectivity index (χ3n) is 6.43. The topological polar surface area (TPSA) is 50.1 Å². The molecule has 1 atom stereocenters. The first-order valence-electron chi connectivity index (χ1n) is 11.4. The Labute approximate surface area is 190 Å². The quantitative estimate of drug-likeness (QED) is 0.521. The first-order chi connectivity index (χ1) is 15.5. The SMILES string of the molecule is CCN(CC)C(C)CCN1N=C(c2ccc(OC)cc2)Cn2c(cc3ccccc32)C1=O. The maximum Gasteiger partial charge on any atom is 0.290 e. The van der Waals surface area contributed by atoms with Crippen molar-refractivity contribution in [3.63, 3.8) is 0 Å². The fourth-order valence-corrected chi connectivity index (χ4v) is 4.49. The van der Waals surface area contributed by atoms with Gasteiger partial charge < -0.3 is 14.2 Å². The van der Waals surface area contributed by atoms with E-state index < -0.39 is 0 Å². The Morgan fingerprint density at radius 2 is 1.81 bits per heavy atom. The zero-order valence-electron chi connectivity index (χ0n) is 19.4. The Bertz CT molecular complexity index is 1110. The van der Waals surface area contributed by atoms with Crippen LogP contribution >= 0.6 is 0 Å². The van der Waals surface area contributed by atoms with Crippen molar-refractivity contribution in [2.75, 3.05) is 26.7 Å². The molecule has 0 bridgehead atoms. The Kier molecular flexibility index (Phi) is 6.61. The Hall–Kier alpha value is -3.12. The number of benzene rings is 2. The summed E-state index contributed by atoms with van der Waals surface area (Å²) in [6, 6.07) is 18.4. The van der Waals surface area contributed by atoms with Crippen molar-refractivity contribution < 1.29 is 9.53 Å². The second-order valence-corrected chi connectivity index (χ2v) is 8.24. The van der Waals surface area contributed by atoms with Crippen molar-refractivity contribution in [3.8, 4) is 5.75 Å². The van der Waals surface area contributed by atoms with Gasteiger partial charge in [-0.25, -0.2) is 5.01 Å². The number of hydrogen-bond acceptors (Lipinski definition) is 4. The minimum Gasteiger partial charge on any atom is -0.497 e. The number of hydrazone groups is 1. The van der Waals surface area contributed by atoms with Crippen molar-refractivity contribution in [2.24, 2.45) is 5.10 Å². The highest BCUT2D eigenvalue weighted by atomic mass is 16.5. The molecule has 4 rings (SSSR count). The highest BCUT2D eigenvalue weighted by molar-refractivity contribution is 6.06. The van der Waals surface area contributed by atoms with Crippen molar-refractivity contribution in [1.29, 1.82) is 0 Å². The van der Waals surface area contributed by atoms with E-state index in [-0.39, 0.29) is 5.91 Å². The van der Waals surface area contributed by atoms with Gasteiger partial charge in [-0.3, -0.25) is 4.79 Å². The molecule has 0 fully saturated rings. The zero-order valence-corrected chi connectivity index (χ0v) is 19.4. The first kappa shape index (κ1) is 22.1. The second-order valence-electron chi connectivity index (χ2n) is 8.24. The Balaban J connectivity index is 1.72. The van der Waals surface area contributed by atoms with Gasteiger partial charge in [-0.15, -0.1) is 0 Å². The molecule has 2 heterocycles. The van der Waals surface area contributed by atoms with E-state index in [1.807, 2.05) is 42.5 Å². The van der Waals surface area contributed by atoms with Crippen LogP contribution in [0.5, 0.6) is 5.75 Å². The monoisotopic (exact) mass is 432 g/mol. The maximum atomic E-state index is 13.6. The average molecular weight is 433 g/mol. The summed E-state index contributed by atoms with van der Waals surface area (Å²) in [5.41, 5.74) is 3.60. The molecule has 1 aliphatic heterocycles. The van der Waals surface area contributed by atoms with Crippen molar-refractivity contribution >= 4 is 22.5 Å². The summed E-state index contributed by atoms with van der Waals surface area (Å²) in [6.45, 7) is 9.70. The molecule has 2 aromatic carbocycles. The molecule has 1 amide bonds. The van der Waals surface area contributed by atoms with Crippen LogP contribution in [-0.4, -0.2) is 58.9 Å². The number of fused-ring (bicyclic) bond motifs is 3. The number of carbonyl (C=O) groups excluding carboxylic acids is 1. The minimum absolute atomic E-state index is 0.0449. The smallest absolute Gasteiger partial charge is 0.290 e. The molecule has 0 saturated heterocycles. The fourth-order valence-electron chi connectivity index (χ4n) is 4.49. The van der Waals surface area contributed by atoms with E-state index in [1.54, 1.807) is 12.1 Å². The number of nitrogens with zero attached hydrogens (tertiary/aromatic N) is 4. The summed E-state index contributed by atoms with van der Waals surface area (Å²) < 4.78 is 7.41. The van der Waals surface area contributed by atoms with Crippen molar-refractivity contribution in [1.82, 2.24) is 14.5 Å². The third-order valence-corrected chi connectivity index (χ3v) is 6.43. The Morgan fingerprint density at radius 3 is 2.50 bits per heavy atom. The fraction of sp³-hybridized carbons (Fsp3) is 0.385. The lowest BCUT2D eigenvalue weighted by molar-refractivity contribution is 0.0738. The van der Waals surface area contributed by atoms with Gasteiger partial charge in [-0.1, -0.05) is 32.0 Å². The van der Waals surface area contributed by atoms with Gasteiger partial charge in [0.15, 0.2) is 0 Å². The van der Waals surface area contributed by atoms with Crippen LogP contribution in [0.3, 0.4) is 0 Å². The molecule has 0 spiro atoms. The Morgan fingerprint density at radius 1 is 1.09 bits per heavy atom. The number of rotatable bonds is 8. The van der Waals surface area contributed by atoms with E-state index in [9.17, 15) is 4.79 Å². The number of para-hydroxylation sites is 1. The molecule has 0 N–H and O–H groups in total.